The zero-order valence-electron chi connectivity index (χ0n) is 16.6. The number of likely N-dealkylation sites (tertiary alicyclic amines) is 1. The van der Waals surface area contributed by atoms with E-state index in [9.17, 15) is 18.0 Å². The standard InChI is InChI=1S/C21H24F3N3O3/c1-29-16-8-6-15(7-9-16)18(27-11-2-3-12-27)13-26-19(28)17-5-4-10-25-20(17)30-14-21(22,23)24/h4-10,18H,2-3,11-14H2,1H3,(H,26,28)/t18-/m1/s1. The van der Waals surface area contributed by atoms with E-state index < -0.39 is 18.7 Å². The van der Waals surface area contributed by atoms with Gasteiger partial charge in [0.25, 0.3) is 5.91 Å². The molecule has 0 bridgehead atoms. The third-order valence-corrected chi connectivity index (χ3v) is 4.93. The molecular formula is C21H24F3N3O3. The lowest BCUT2D eigenvalue weighted by Gasteiger charge is -2.28. The fourth-order valence-corrected chi connectivity index (χ4v) is 3.45. The van der Waals surface area contributed by atoms with Crippen LogP contribution in [0.1, 0.15) is 34.8 Å². The molecule has 9 heteroatoms. The Hall–Kier alpha value is -2.81. The highest BCUT2D eigenvalue weighted by molar-refractivity contribution is 5.96. The molecule has 1 fully saturated rings. The first-order valence-corrected chi connectivity index (χ1v) is 9.68. The second kappa shape index (κ2) is 9.80. The number of aromatic nitrogens is 1. The van der Waals surface area contributed by atoms with Gasteiger partial charge in [0, 0.05) is 12.7 Å². The Kier molecular flexibility index (Phi) is 7.15. The van der Waals surface area contributed by atoms with Gasteiger partial charge in [0.1, 0.15) is 11.3 Å². The van der Waals surface area contributed by atoms with Gasteiger partial charge in [-0.15, -0.1) is 0 Å². The third-order valence-electron chi connectivity index (χ3n) is 4.93. The van der Waals surface area contributed by atoms with E-state index in [0.29, 0.717) is 6.54 Å². The monoisotopic (exact) mass is 423 g/mol. The number of carbonyl (C=O) groups is 1. The zero-order valence-corrected chi connectivity index (χ0v) is 16.6. The van der Waals surface area contributed by atoms with E-state index in [4.69, 9.17) is 9.47 Å². The highest BCUT2D eigenvalue weighted by Gasteiger charge is 2.30. The van der Waals surface area contributed by atoms with Gasteiger partial charge in [0.2, 0.25) is 5.88 Å². The van der Waals surface area contributed by atoms with Gasteiger partial charge < -0.3 is 14.8 Å². The summed E-state index contributed by atoms with van der Waals surface area (Å²) < 4.78 is 47.3. The lowest BCUT2D eigenvalue weighted by atomic mass is 10.0. The molecule has 2 heterocycles. The Bertz CT molecular complexity index is 837. The average molecular weight is 423 g/mol. The van der Waals surface area contributed by atoms with Crippen LogP contribution >= 0.6 is 0 Å². The molecule has 0 radical (unpaired) electrons. The van der Waals surface area contributed by atoms with E-state index in [1.54, 1.807) is 7.11 Å². The van der Waals surface area contributed by atoms with Crippen molar-refractivity contribution in [1.29, 1.82) is 0 Å². The summed E-state index contributed by atoms with van der Waals surface area (Å²) in [6.07, 6.45) is -1.06. The van der Waals surface area contributed by atoms with Gasteiger partial charge in [-0.2, -0.15) is 13.2 Å². The first-order chi connectivity index (χ1) is 14.4. The summed E-state index contributed by atoms with van der Waals surface area (Å²) in [5, 5.41) is 2.83. The van der Waals surface area contributed by atoms with E-state index in [1.165, 1.54) is 18.3 Å². The summed E-state index contributed by atoms with van der Waals surface area (Å²) in [5.41, 5.74) is 0.995. The molecule has 6 nitrogen and oxygen atoms in total. The summed E-state index contributed by atoms with van der Waals surface area (Å²) in [4.78, 5) is 18.8. The lowest BCUT2D eigenvalue weighted by molar-refractivity contribution is -0.154. The van der Waals surface area contributed by atoms with Crippen LogP contribution < -0.4 is 14.8 Å². The van der Waals surface area contributed by atoms with Crippen LogP contribution in [0.15, 0.2) is 42.6 Å². The summed E-state index contributed by atoms with van der Waals surface area (Å²) in [7, 11) is 1.60. The van der Waals surface area contributed by atoms with Crippen LogP contribution in [0.3, 0.4) is 0 Å². The maximum Gasteiger partial charge on any atom is 0.422 e. The number of methoxy groups -OCH3 is 1. The van der Waals surface area contributed by atoms with Crippen molar-refractivity contribution in [3.8, 4) is 11.6 Å². The predicted octanol–water partition coefficient (Wildman–Crippen LogP) is 3.60. The van der Waals surface area contributed by atoms with Crippen molar-refractivity contribution in [2.45, 2.75) is 25.1 Å². The van der Waals surface area contributed by atoms with Crippen molar-refractivity contribution in [1.82, 2.24) is 15.2 Å². The fourth-order valence-electron chi connectivity index (χ4n) is 3.45. The number of ether oxygens (including phenoxy) is 2. The van der Waals surface area contributed by atoms with Crippen LogP contribution in [0, 0.1) is 0 Å². The molecule has 0 unspecified atom stereocenters. The lowest BCUT2D eigenvalue weighted by Crippen LogP contribution is -2.37. The van der Waals surface area contributed by atoms with E-state index in [0.717, 1.165) is 37.2 Å². The van der Waals surface area contributed by atoms with Crippen molar-refractivity contribution >= 4 is 5.91 Å². The van der Waals surface area contributed by atoms with Gasteiger partial charge in [-0.1, -0.05) is 12.1 Å². The van der Waals surface area contributed by atoms with Crippen LogP contribution in [0.4, 0.5) is 13.2 Å². The molecule has 1 aromatic carbocycles. The Morgan fingerprint density at radius 1 is 1.20 bits per heavy atom. The summed E-state index contributed by atoms with van der Waals surface area (Å²) in [6, 6.07) is 10.5. The Labute approximate surface area is 173 Å². The molecule has 1 aliphatic rings. The normalized spacial score (nSPS) is 15.6. The van der Waals surface area contributed by atoms with Crippen LogP contribution in [0.5, 0.6) is 11.6 Å². The molecule has 162 valence electrons. The average Bonchev–Trinajstić information content (AvgIpc) is 3.27. The van der Waals surface area contributed by atoms with Gasteiger partial charge in [-0.05, 0) is 55.8 Å². The number of benzene rings is 1. The number of hydrogen-bond acceptors (Lipinski definition) is 5. The van der Waals surface area contributed by atoms with Crippen molar-refractivity contribution in [3.63, 3.8) is 0 Å². The van der Waals surface area contributed by atoms with Gasteiger partial charge in [0.15, 0.2) is 6.61 Å². The molecule has 0 saturated carbocycles. The maximum absolute atomic E-state index is 12.7. The smallest absolute Gasteiger partial charge is 0.422 e. The highest BCUT2D eigenvalue weighted by atomic mass is 19.4. The summed E-state index contributed by atoms with van der Waals surface area (Å²) in [6.45, 7) is 0.629. The van der Waals surface area contributed by atoms with E-state index in [2.05, 4.69) is 15.2 Å². The number of halogens is 3. The number of nitrogens with zero attached hydrogens (tertiary/aromatic N) is 2. The first-order valence-electron chi connectivity index (χ1n) is 9.68. The number of pyridine rings is 1. The van der Waals surface area contributed by atoms with Crippen molar-refractivity contribution in [2.24, 2.45) is 0 Å². The van der Waals surface area contributed by atoms with Gasteiger partial charge in [-0.3, -0.25) is 9.69 Å². The molecule has 3 rings (SSSR count). The van der Waals surface area contributed by atoms with E-state index >= 15 is 0 Å². The quantitative estimate of drug-likeness (QED) is 0.703. The van der Waals surface area contributed by atoms with Crippen molar-refractivity contribution < 1.29 is 27.4 Å². The van der Waals surface area contributed by atoms with Crippen LogP contribution in [0.25, 0.3) is 0 Å². The maximum atomic E-state index is 12.7. The number of nitrogens with one attached hydrogen (secondary N) is 1. The minimum Gasteiger partial charge on any atom is -0.497 e. The molecule has 2 aromatic rings. The molecular weight excluding hydrogens is 399 g/mol. The molecule has 1 saturated heterocycles. The summed E-state index contributed by atoms with van der Waals surface area (Å²) in [5.74, 6) is -0.128. The Morgan fingerprint density at radius 3 is 2.53 bits per heavy atom. The highest BCUT2D eigenvalue weighted by Crippen LogP contribution is 2.27. The van der Waals surface area contributed by atoms with Crippen molar-refractivity contribution in [3.05, 3.63) is 53.7 Å². The number of carbonyl (C=O) groups excluding carboxylic acids is 1. The largest absolute Gasteiger partial charge is 0.497 e. The van der Waals surface area contributed by atoms with Crippen molar-refractivity contribution in [2.75, 3.05) is 33.4 Å². The van der Waals surface area contributed by atoms with Gasteiger partial charge in [-0.25, -0.2) is 4.98 Å². The molecule has 1 amide bonds. The SMILES string of the molecule is COc1ccc([C@@H](CNC(=O)c2cccnc2OCC(F)(F)F)N2CCCC2)cc1. The molecule has 1 atom stereocenters. The molecule has 1 aliphatic heterocycles. The second-order valence-corrected chi connectivity index (χ2v) is 7.00. The van der Waals surface area contributed by atoms with E-state index in [-0.39, 0.29) is 17.5 Å². The molecule has 1 N–H and O–H groups in total. The third kappa shape index (κ3) is 5.85. The Balaban J connectivity index is 1.71. The predicted molar refractivity (Wildman–Crippen MR) is 105 cm³/mol. The first kappa shape index (κ1) is 21.9. The number of hydrogen-bond donors (Lipinski definition) is 1. The summed E-state index contributed by atoms with van der Waals surface area (Å²) >= 11 is 0. The molecule has 1 aromatic heterocycles. The molecule has 30 heavy (non-hydrogen) atoms. The fraction of sp³-hybridized carbons (Fsp3) is 0.429. The van der Waals surface area contributed by atoms with Crippen LogP contribution in [-0.4, -0.2) is 55.3 Å². The number of amides is 1. The minimum atomic E-state index is -4.51. The second-order valence-electron chi connectivity index (χ2n) is 7.00. The minimum absolute atomic E-state index is 0.0309. The van der Waals surface area contributed by atoms with E-state index in [1.807, 2.05) is 24.3 Å². The molecule has 0 spiro atoms. The van der Waals surface area contributed by atoms with Gasteiger partial charge in [0.05, 0.1) is 13.2 Å². The number of rotatable bonds is 8. The van der Waals surface area contributed by atoms with Gasteiger partial charge >= 0.3 is 6.18 Å². The number of alkyl halides is 3. The van der Waals surface area contributed by atoms with Crippen LogP contribution in [-0.2, 0) is 0 Å². The topological polar surface area (TPSA) is 63.7 Å². The zero-order chi connectivity index (χ0) is 21.6. The molecule has 0 aliphatic carbocycles. The Morgan fingerprint density at radius 2 is 1.90 bits per heavy atom. The van der Waals surface area contributed by atoms with Crippen LogP contribution in [0.2, 0.25) is 0 Å².